The molecule has 2 aliphatic carbocycles. The van der Waals surface area contributed by atoms with Gasteiger partial charge in [-0.25, -0.2) is 0 Å². The lowest BCUT2D eigenvalue weighted by molar-refractivity contribution is -0.122. The molecule has 116 valence electrons. The molecule has 2 heteroatoms. The highest BCUT2D eigenvalue weighted by Crippen LogP contribution is 2.38. The van der Waals surface area contributed by atoms with Gasteiger partial charge in [-0.2, -0.15) is 0 Å². The maximum Gasteiger partial charge on any atom is 0.220 e. The molecule has 0 heterocycles. The summed E-state index contributed by atoms with van der Waals surface area (Å²) in [6, 6.07) is 0.410. The topological polar surface area (TPSA) is 29.1 Å². The quantitative estimate of drug-likeness (QED) is 0.795. The summed E-state index contributed by atoms with van der Waals surface area (Å²) >= 11 is 0. The molecule has 2 fully saturated rings. The van der Waals surface area contributed by atoms with Crippen molar-refractivity contribution >= 4 is 5.91 Å². The summed E-state index contributed by atoms with van der Waals surface area (Å²) in [5, 5.41) is 3.31. The minimum Gasteiger partial charge on any atom is -0.353 e. The molecule has 2 nitrogen and oxygen atoms in total. The van der Waals surface area contributed by atoms with E-state index in [1.165, 1.54) is 44.9 Å². The van der Waals surface area contributed by atoms with Gasteiger partial charge in [0.15, 0.2) is 0 Å². The Morgan fingerprint density at radius 2 is 1.85 bits per heavy atom. The van der Waals surface area contributed by atoms with Gasteiger partial charge in [-0.3, -0.25) is 4.79 Å². The Hall–Kier alpha value is -0.530. The molecule has 2 saturated carbocycles. The molecule has 2 atom stereocenters. The molecule has 0 aromatic carbocycles. The molecule has 0 bridgehead atoms. The molecule has 0 saturated heterocycles. The molecule has 0 aromatic rings. The Kier molecular flexibility index (Phi) is 5.51. The van der Waals surface area contributed by atoms with E-state index in [4.69, 9.17) is 0 Å². The molecule has 1 N–H and O–H groups in total. The number of nitrogens with one attached hydrogen (secondary N) is 1. The Bertz CT molecular complexity index is 317. The molecule has 1 amide bonds. The molecule has 20 heavy (non-hydrogen) atoms. The predicted octanol–water partition coefficient (Wildman–Crippen LogP) is 4.68. The Labute approximate surface area is 125 Å². The first kappa shape index (κ1) is 15.9. The smallest absolute Gasteiger partial charge is 0.220 e. The van der Waals surface area contributed by atoms with Crippen LogP contribution >= 0.6 is 0 Å². The molecular formula is C18H33NO. The van der Waals surface area contributed by atoms with E-state index in [1.807, 2.05) is 0 Å². The van der Waals surface area contributed by atoms with E-state index in [-0.39, 0.29) is 0 Å². The summed E-state index contributed by atoms with van der Waals surface area (Å²) in [6.45, 7) is 7.00. The maximum absolute atomic E-state index is 12.2. The second-order valence-corrected chi connectivity index (χ2v) is 8.22. The fraction of sp³-hybridized carbons (Fsp3) is 0.944. The van der Waals surface area contributed by atoms with E-state index in [2.05, 4.69) is 26.1 Å². The van der Waals surface area contributed by atoms with Crippen LogP contribution in [0.15, 0.2) is 0 Å². The highest BCUT2D eigenvalue weighted by atomic mass is 16.1. The van der Waals surface area contributed by atoms with E-state index in [1.54, 1.807) is 0 Å². The van der Waals surface area contributed by atoms with Crippen LogP contribution in [0.4, 0.5) is 0 Å². The summed E-state index contributed by atoms with van der Waals surface area (Å²) in [4.78, 5) is 12.2. The molecule has 2 rings (SSSR count). The van der Waals surface area contributed by atoms with E-state index < -0.39 is 0 Å². The lowest BCUT2D eigenvalue weighted by Gasteiger charge is -2.39. The van der Waals surface area contributed by atoms with Crippen molar-refractivity contribution in [2.75, 3.05) is 0 Å². The summed E-state index contributed by atoms with van der Waals surface area (Å²) in [7, 11) is 0. The zero-order valence-corrected chi connectivity index (χ0v) is 13.7. The standard InChI is InChI=1S/C18H33NO/c1-14-11-16(13-18(2,3)12-14)19-17(20)10-9-15-7-5-4-6-8-15/h14-16H,4-13H2,1-3H3,(H,19,20). The van der Waals surface area contributed by atoms with E-state index in [0.717, 1.165) is 31.1 Å². The van der Waals surface area contributed by atoms with Gasteiger partial charge in [0, 0.05) is 12.5 Å². The molecule has 0 aromatic heterocycles. The predicted molar refractivity (Wildman–Crippen MR) is 84.5 cm³/mol. The van der Waals surface area contributed by atoms with E-state index in [9.17, 15) is 4.79 Å². The van der Waals surface area contributed by atoms with Crippen molar-refractivity contribution in [1.82, 2.24) is 5.32 Å². The first-order valence-electron chi connectivity index (χ1n) is 8.74. The molecule has 0 aliphatic heterocycles. The summed E-state index contributed by atoms with van der Waals surface area (Å²) < 4.78 is 0. The third-order valence-electron chi connectivity index (χ3n) is 5.26. The van der Waals surface area contributed by atoms with E-state index >= 15 is 0 Å². The second-order valence-electron chi connectivity index (χ2n) is 8.22. The third-order valence-corrected chi connectivity index (χ3v) is 5.26. The van der Waals surface area contributed by atoms with Crippen molar-refractivity contribution in [2.24, 2.45) is 17.3 Å². The van der Waals surface area contributed by atoms with Gasteiger partial charge in [-0.1, -0.05) is 52.9 Å². The first-order valence-corrected chi connectivity index (χ1v) is 8.74. The van der Waals surface area contributed by atoms with Crippen LogP contribution < -0.4 is 5.32 Å². The van der Waals surface area contributed by atoms with Crippen molar-refractivity contribution in [3.05, 3.63) is 0 Å². The molecule has 2 unspecified atom stereocenters. The van der Waals surface area contributed by atoms with Crippen molar-refractivity contribution in [3.63, 3.8) is 0 Å². The van der Waals surface area contributed by atoms with Gasteiger partial charge in [0.05, 0.1) is 0 Å². The third kappa shape index (κ3) is 5.10. The molecule has 2 aliphatic rings. The van der Waals surface area contributed by atoms with Crippen LogP contribution in [0, 0.1) is 17.3 Å². The van der Waals surface area contributed by atoms with E-state index in [0.29, 0.717) is 17.4 Å². The number of carbonyl (C=O) groups excluding carboxylic acids is 1. The average Bonchev–Trinajstić information content (AvgIpc) is 2.35. The molecule has 0 radical (unpaired) electrons. The van der Waals surface area contributed by atoms with Crippen molar-refractivity contribution in [3.8, 4) is 0 Å². The van der Waals surface area contributed by atoms with Gasteiger partial charge >= 0.3 is 0 Å². The summed E-state index contributed by atoms with van der Waals surface area (Å²) in [5.41, 5.74) is 0.388. The second kappa shape index (κ2) is 6.95. The van der Waals surface area contributed by atoms with Gasteiger partial charge < -0.3 is 5.32 Å². The summed E-state index contributed by atoms with van der Waals surface area (Å²) in [5.74, 6) is 1.85. The van der Waals surface area contributed by atoms with Crippen molar-refractivity contribution in [1.29, 1.82) is 0 Å². The molecule has 0 spiro atoms. The summed E-state index contributed by atoms with van der Waals surface area (Å²) in [6.07, 6.45) is 12.3. The number of carbonyl (C=O) groups is 1. The lowest BCUT2D eigenvalue weighted by Crippen LogP contribution is -2.43. The SMILES string of the molecule is CC1CC(NC(=O)CCC2CCCCC2)CC(C)(C)C1. The zero-order valence-electron chi connectivity index (χ0n) is 13.7. The lowest BCUT2D eigenvalue weighted by atomic mass is 9.70. The zero-order chi connectivity index (χ0) is 14.6. The Morgan fingerprint density at radius 1 is 1.15 bits per heavy atom. The van der Waals surface area contributed by atoms with Gasteiger partial charge in [0.1, 0.15) is 0 Å². The van der Waals surface area contributed by atoms with Crippen molar-refractivity contribution in [2.45, 2.75) is 91.0 Å². The normalized spacial score (nSPS) is 30.9. The van der Waals surface area contributed by atoms with Gasteiger partial charge in [-0.15, -0.1) is 0 Å². The number of hydrogen-bond acceptors (Lipinski definition) is 1. The molecular weight excluding hydrogens is 246 g/mol. The van der Waals surface area contributed by atoms with Crippen LogP contribution in [-0.4, -0.2) is 11.9 Å². The number of hydrogen-bond donors (Lipinski definition) is 1. The minimum atomic E-state index is 0.297. The fourth-order valence-corrected chi connectivity index (χ4v) is 4.57. The first-order chi connectivity index (χ1) is 9.44. The Morgan fingerprint density at radius 3 is 2.50 bits per heavy atom. The Balaban J connectivity index is 1.70. The minimum absolute atomic E-state index is 0.297. The monoisotopic (exact) mass is 279 g/mol. The van der Waals surface area contributed by atoms with Crippen LogP contribution in [0.25, 0.3) is 0 Å². The highest BCUT2D eigenvalue weighted by molar-refractivity contribution is 5.76. The van der Waals surface area contributed by atoms with Gasteiger partial charge in [-0.05, 0) is 42.9 Å². The van der Waals surface area contributed by atoms with Gasteiger partial charge in [0.2, 0.25) is 5.91 Å². The van der Waals surface area contributed by atoms with Crippen LogP contribution in [0.5, 0.6) is 0 Å². The van der Waals surface area contributed by atoms with Crippen LogP contribution in [-0.2, 0) is 4.79 Å². The van der Waals surface area contributed by atoms with Crippen LogP contribution in [0.3, 0.4) is 0 Å². The fourth-order valence-electron chi connectivity index (χ4n) is 4.57. The highest BCUT2D eigenvalue weighted by Gasteiger charge is 2.32. The number of rotatable bonds is 4. The van der Waals surface area contributed by atoms with Crippen molar-refractivity contribution < 1.29 is 4.79 Å². The number of amides is 1. The van der Waals surface area contributed by atoms with Crippen LogP contribution in [0.1, 0.15) is 85.0 Å². The van der Waals surface area contributed by atoms with Crippen LogP contribution in [0.2, 0.25) is 0 Å². The average molecular weight is 279 g/mol. The largest absolute Gasteiger partial charge is 0.353 e. The van der Waals surface area contributed by atoms with Gasteiger partial charge in [0.25, 0.3) is 0 Å². The maximum atomic E-state index is 12.2.